The molecule has 0 fully saturated rings. The molecule has 0 spiro atoms. The van der Waals surface area contributed by atoms with E-state index in [4.69, 9.17) is 14.6 Å². The lowest BCUT2D eigenvalue weighted by molar-refractivity contribution is 0.310. The van der Waals surface area contributed by atoms with E-state index in [1.54, 1.807) is 0 Å². The lowest BCUT2D eigenvalue weighted by atomic mass is 10.7. The number of ether oxygens (including phenoxy) is 2. The Hall–Kier alpha value is -1.63. The van der Waals surface area contributed by atoms with E-state index < -0.39 is 0 Å². The van der Waals surface area contributed by atoms with Crippen molar-refractivity contribution in [2.75, 3.05) is 32.7 Å². The third-order valence-corrected chi connectivity index (χ3v) is 1.35. The van der Waals surface area contributed by atoms with Crippen molar-refractivity contribution in [1.82, 2.24) is 15.0 Å². The Morgan fingerprint density at radius 2 is 1.71 bits per heavy atom. The molecule has 0 atom stereocenters. The maximum absolute atomic E-state index is 8.58. The van der Waals surface area contributed by atoms with Gasteiger partial charge in [0.2, 0.25) is 5.95 Å². The zero-order valence-electron chi connectivity index (χ0n) is 8.02. The zero-order valence-corrected chi connectivity index (χ0v) is 8.02. The van der Waals surface area contributed by atoms with Crippen molar-refractivity contribution in [3.63, 3.8) is 0 Å². The number of nitrogens with one attached hydrogen (secondary N) is 1. The summed E-state index contributed by atoms with van der Waals surface area (Å²) in [5.74, 6) is 0.308. The first kappa shape index (κ1) is 10.5. The lowest BCUT2D eigenvalue weighted by Gasteiger charge is -2.05. The van der Waals surface area contributed by atoms with Crippen LogP contribution in [-0.4, -0.2) is 47.4 Å². The lowest BCUT2D eigenvalue weighted by Crippen LogP contribution is -2.10. The molecule has 0 amide bonds. The molecule has 0 saturated carbocycles. The predicted octanol–water partition coefficient (Wildman–Crippen LogP) is -0.707. The van der Waals surface area contributed by atoms with E-state index in [-0.39, 0.29) is 18.6 Å². The highest BCUT2D eigenvalue weighted by molar-refractivity contribution is 5.27. The van der Waals surface area contributed by atoms with Crippen LogP contribution in [-0.2, 0) is 0 Å². The molecule has 0 unspecified atom stereocenters. The van der Waals surface area contributed by atoms with Crippen molar-refractivity contribution < 1.29 is 14.6 Å². The standard InChI is InChI=1S/C7H12N4O3/c1-13-6-9-5(8-3-4-12)10-7(11-6)14-2/h12H,3-4H2,1-2H3,(H,8,9,10,11). The van der Waals surface area contributed by atoms with Crippen LogP contribution < -0.4 is 14.8 Å². The molecule has 0 aliphatic heterocycles. The Morgan fingerprint density at radius 1 is 1.14 bits per heavy atom. The van der Waals surface area contributed by atoms with Crippen LogP contribution in [0.5, 0.6) is 12.0 Å². The molecule has 1 heterocycles. The third-order valence-electron chi connectivity index (χ3n) is 1.35. The molecule has 1 aromatic rings. The van der Waals surface area contributed by atoms with Crippen molar-refractivity contribution in [2.45, 2.75) is 0 Å². The summed E-state index contributed by atoms with van der Waals surface area (Å²) in [7, 11) is 2.90. The highest BCUT2D eigenvalue weighted by Crippen LogP contribution is 2.11. The number of nitrogens with zero attached hydrogens (tertiary/aromatic N) is 3. The molecule has 7 heteroatoms. The molecule has 0 aromatic carbocycles. The van der Waals surface area contributed by atoms with Gasteiger partial charge in [0.05, 0.1) is 20.8 Å². The Bertz CT molecular complexity index is 272. The first-order chi connectivity index (χ1) is 6.80. The summed E-state index contributed by atoms with van der Waals surface area (Å²) < 4.78 is 9.67. The van der Waals surface area contributed by atoms with Crippen molar-refractivity contribution >= 4 is 5.95 Å². The number of hydrogen-bond donors (Lipinski definition) is 2. The molecular formula is C7H12N4O3. The zero-order chi connectivity index (χ0) is 10.4. The van der Waals surface area contributed by atoms with Gasteiger partial charge in [0, 0.05) is 6.54 Å². The van der Waals surface area contributed by atoms with Gasteiger partial charge >= 0.3 is 12.0 Å². The first-order valence-corrected chi connectivity index (χ1v) is 3.99. The molecule has 2 N–H and O–H groups in total. The predicted molar refractivity (Wildman–Crippen MR) is 48.5 cm³/mol. The molecule has 0 bridgehead atoms. The highest BCUT2D eigenvalue weighted by atomic mass is 16.5. The topological polar surface area (TPSA) is 89.4 Å². The first-order valence-electron chi connectivity index (χ1n) is 3.99. The van der Waals surface area contributed by atoms with Crippen LogP contribution in [0.15, 0.2) is 0 Å². The van der Waals surface area contributed by atoms with Gasteiger partial charge in [0.1, 0.15) is 0 Å². The summed E-state index contributed by atoms with van der Waals surface area (Å²) in [4.78, 5) is 11.6. The van der Waals surface area contributed by atoms with Gasteiger partial charge in [-0.05, 0) is 0 Å². The van der Waals surface area contributed by atoms with Crippen LogP contribution in [0.1, 0.15) is 0 Å². The van der Waals surface area contributed by atoms with E-state index in [1.807, 2.05) is 0 Å². The molecule has 0 aliphatic rings. The highest BCUT2D eigenvalue weighted by Gasteiger charge is 2.05. The Kier molecular flexibility index (Phi) is 3.86. The summed E-state index contributed by atoms with van der Waals surface area (Å²) in [5, 5.41) is 11.4. The van der Waals surface area contributed by atoms with E-state index in [1.165, 1.54) is 14.2 Å². The minimum atomic E-state index is -0.00366. The quantitative estimate of drug-likeness (QED) is 0.649. The van der Waals surface area contributed by atoms with Gasteiger partial charge in [-0.15, -0.1) is 4.98 Å². The van der Waals surface area contributed by atoms with Gasteiger partial charge in [0.25, 0.3) is 0 Å². The summed E-state index contributed by atoms with van der Waals surface area (Å²) in [6.07, 6.45) is 0. The largest absolute Gasteiger partial charge is 0.467 e. The molecule has 7 nitrogen and oxygen atoms in total. The average molecular weight is 200 g/mol. The maximum atomic E-state index is 8.58. The second-order valence-corrected chi connectivity index (χ2v) is 2.28. The average Bonchev–Trinajstić information content (AvgIpc) is 2.25. The summed E-state index contributed by atoms with van der Waals surface area (Å²) in [6.45, 7) is 0.354. The fourth-order valence-electron chi connectivity index (χ4n) is 0.767. The fourth-order valence-corrected chi connectivity index (χ4v) is 0.767. The molecule has 78 valence electrons. The molecule has 0 aliphatic carbocycles. The van der Waals surface area contributed by atoms with E-state index >= 15 is 0 Å². The molecule has 0 radical (unpaired) electrons. The maximum Gasteiger partial charge on any atom is 0.324 e. The fraction of sp³-hybridized carbons (Fsp3) is 0.571. The van der Waals surface area contributed by atoms with Crippen LogP contribution >= 0.6 is 0 Å². The number of hydrogen-bond acceptors (Lipinski definition) is 7. The van der Waals surface area contributed by atoms with Gasteiger partial charge in [-0.1, -0.05) is 0 Å². The Balaban J connectivity index is 2.81. The van der Waals surface area contributed by atoms with Gasteiger partial charge in [0.15, 0.2) is 0 Å². The smallest absolute Gasteiger partial charge is 0.324 e. The summed E-state index contributed by atoms with van der Waals surface area (Å²) in [6, 6.07) is 0.328. The molecule has 1 aromatic heterocycles. The van der Waals surface area contributed by atoms with E-state index in [0.29, 0.717) is 12.5 Å². The number of methoxy groups -OCH3 is 2. The van der Waals surface area contributed by atoms with E-state index in [9.17, 15) is 0 Å². The summed E-state index contributed by atoms with van der Waals surface area (Å²) in [5.41, 5.74) is 0. The number of aliphatic hydroxyl groups is 1. The van der Waals surface area contributed by atoms with Crippen LogP contribution in [0.4, 0.5) is 5.95 Å². The third kappa shape index (κ3) is 2.70. The van der Waals surface area contributed by atoms with Crippen LogP contribution in [0.3, 0.4) is 0 Å². The minimum absolute atomic E-state index is 0.00366. The van der Waals surface area contributed by atoms with Crippen molar-refractivity contribution in [3.8, 4) is 12.0 Å². The monoisotopic (exact) mass is 200 g/mol. The minimum Gasteiger partial charge on any atom is -0.467 e. The Morgan fingerprint density at radius 3 is 2.14 bits per heavy atom. The number of anilines is 1. The molecule has 1 rings (SSSR count). The van der Waals surface area contributed by atoms with Gasteiger partial charge in [-0.3, -0.25) is 0 Å². The number of aromatic nitrogens is 3. The SMILES string of the molecule is COc1nc(NCCO)nc(OC)n1. The normalized spacial score (nSPS) is 9.64. The van der Waals surface area contributed by atoms with Crippen molar-refractivity contribution in [2.24, 2.45) is 0 Å². The molecule has 0 saturated heterocycles. The number of rotatable bonds is 5. The van der Waals surface area contributed by atoms with Gasteiger partial charge in [-0.25, -0.2) is 0 Å². The van der Waals surface area contributed by atoms with Crippen LogP contribution in [0.25, 0.3) is 0 Å². The molecule has 14 heavy (non-hydrogen) atoms. The summed E-state index contributed by atoms with van der Waals surface area (Å²) >= 11 is 0. The van der Waals surface area contributed by atoms with E-state index in [0.717, 1.165) is 0 Å². The van der Waals surface area contributed by atoms with E-state index in [2.05, 4.69) is 20.3 Å². The van der Waals surface area contributed by atoms with Crippen LogP contribution in [0.2, 0.25) is 0 Å². The Labute approximate surface area is 81.1 Å². The van der Waals surface area contributed by atoms with Gasteiger partial charge in [-0.2, -0.15) is 9.97 Å². The number of aliphatic hydroxyl groups excluding tert-OH is 1. The second kappa shape index (κ2) is 5.18. The van der Waals surface area contributed by atoms with Crippen LogP contribution in [0, 0.1) is 0 Å². The second-order valence-electron chi connectivity index (χ2n) is 2.28. The van der Waals surface area contributed by atoms with Crippen molar-refractivity contribution in [3.05, 3.63) is 0 Å². The van der Waals surface area contributed by atoms with Gasteiger partial charge < -0.3 is 19.9 Å². The van der Waals surface area contributed by atoms with Crippen molar-refractivity contribution in [1.29, 1.82) is 0 Å². The molecular weight excluding hydrogens is 188 g/mol.